The van der Waals surface area contributed by atoms with Crippen LogP contribution in [0.3, 0.4) is 0 Å². The molecule has 146 valence electrons. The predicted octanol–water partition coefficient (Wildman–Crippen LogP) is 5.81. The Balaban J connectivity index is 1.62. The number of H-pyrrole nitrogens is 1. The smallest absolute Gasteiger partial charge is 0.160 e. The van der Waals surface area contributed by atoms with Crippen molar-refractivity contribution in [1.29, 1.82) is 0 Å². The van der Waals surface area contributed by atoms with Gasteiger partial charge in [0, 0.05) is 28.7 Å². The van der Waals surface area contributed by atoms with Crippen molar-refractivity contribution < 1.29 is 4.79 Å². The molecule has 1 aromatic heterocycles. The molecule has 4 nitrogen and oxygen atoms in total. The van der Waals surface area contributed by atoms with E-state index in [0.717, 1.165) is 58.5 Å². The highest BCUT2D eigenvalue weighted by Gasteiger charge is 2.35. The molecule has 1 aliphatic carbocycles. The molecule has 0 spiro atoms. The fourth-order valence-corrected chi connectivity index (χ4v) is 4.60. The van der Waals surface area contributed by atoms with Gasteiger partial charge < -0.3 is 9.88 Å². The third kappa shape index (κ3) is 3.60. The normalized spacial score (nSPS) is 22.8. The first kappa shape index (κ1) is 19.2. The van der Waals surface area contributed by atoms with Crippen molar-refractivity contribution in [2.75, 3.05) is 6.54 Å². The minimum atomic E-state index is 0.200. The Morgan fingerprint density at radius 1 is 1.29 bits per heavy atom. The second kappa shape index (κ2) is 7.70. The number of Topliss-reactive ketones (excluding diaryl/α,β-unsaturated/α-hetero) is 1. The molecule has 2 aromatic rings. The first-order valence-corrected chi connectivity index (χ1v) is 10.7. The van der Waals surface area contributed by atoms with Crippen molar-refractivity contribution in [3.63, 3.8) is 0 Å². The topological polar surface area (TPSA) is 49.0 Å². The molecule has 28 heavy (non-hydrogen) atoms. The fourth-order valence-electron chi connectivity index (χ4n) is 4.33. The van der Waals surface area contributed by atoms with Crippen LogP contribution in [0.25, 0.3) is 11.3 Å². The van der Waals surface area contributed by atoms with E-state index in [2.05, 4.69) is 44.5 Å². The van der Waals surface area contributed by atoms with E-state index in [1.54, 1.807) is 0 Å². The molecular formula is C23H26BrN3O. The predicted molar refractivity (Wildman–Crippen MR) is 116 cm³/mol. The molecule has 2 aliphatic rings. The fraction of sp³-hybridized carbons (Fsp3) is 0.391. The van der Waals surface area contributed by atoms with E-state index >= 15 is 0 Å². The molecule has 1 fully saturated rings. The number of carbonyl (C=O) groups is 1. The number of halogens is 1. The van der Waals surface area contributed by atoms with Crippen LogP contribution in [0.4, 0.5) is 0 Å². The van der Waals surface area contributed by atoms with Gasteiger partial charge in [-0.2, -0.15) is 0 Å². The van der Waals surface area contributed by atoms with Gasteiger partial charge in [0.25, 0.3) is 0 Å². The third-order valence-electron chi connectivity index (χ3n) is 6.09. The van der Waals surface area contributed by atoms with Gasteiger partial charge in [-0.05, 0) is 56.7 Å². The van der Waals surface area contributed by atoms with Crippen molar-refractivity contribution in [1.82, 2.24) is 14.9 Å². The molecule has 1 aliphatic heterocycles. The Kier molecular flexibility index (Phi) is 5.28. The number of aromatic amines is 1. The molecule has 0 radical (unpaired) electrons. The van der Waals surface area contributed by atoms with Crippen LogP contribution in [0.15, 0.2) is 58.4 Å². The number of benzene rings is 1. The molecule has 5 heteroatoms. The summed E-state index contributed by atoms with van der Waals surface area (Å²) in [5, 5.41) is 0. The minimum Gasteiger partial charge on any atom is -0.364 e. The molecule has 2 unspecified atom stereocenters. The Bertz CT molecular complexity index is 941. The van der Waals surface area contributed by atoms with Crippen LogP contribution in [-0.2, 0) is 4.79 Å². The quantitative estimate of drug-likeness (QED) is 0.611. The largest absolute Gasteiger partial charge is 0.364 e. The van der Waals surface area contributed by atoms with Crippen molar-refractivity contribution in [2.24, 2.45) is 5.92 Å². The highest BCUT2D eigenvalue weighted by molar-refractivity contribution is 9.10. The van der Waals surface area contributed by atoms with E-state index in [9.17, 15) is 4.79 Å². The molecule has 0 amide bonds. The van der Waals surface area contributed by atoms with Gasteiger partial charge in [-0.3, -0.25) is 4.79 Å². The summed E-state index contributed by atoms with van der Waals surface area (Å²) in [5.41, 5.74) is 5.36. The number of imidazole rings is 1. The van der Waals surface area contributed by atoms with E-state index in [-0.39, 0.29) is 17.7 Å². The Morgan fingerprint density at radius 3 is 2.75 bits per heavy atom. The number of allylic oxidation sites excluding steroid dienone is 3. The lowest BCUT2D eigenvalue weighted by molar-refractivity contribution is -0.116. The average Bonchev–Trinajstić information content (AvgIpc) is 3.33. The van der Waals surface area contributed by atoms with Crippen molar-refractivity contribution in [3.8, 4) is 11.3 Å². The van der Waals surface area contributed by atoms with Gasteiger partial charge in [0.2, 0.25) is 0 Å². The van der Waals surface area contributed by atoms with Crippen LogP contribution in [-0.4, -0.2) is 27.2 Å². The number of hydrogen-bond donors (Lipinski definition) is 1. The molecule has 0 bridgehead atoms. The summed E-state index contributed by atoms with van der Waals surface area (Å²) in [7, 11) is 0. The van der Waals surface area contributed by atoms with Crippen molar-refractivity contribution >= 4 is 21.7 Å². The van der Waals surface area contributed by atoms with Crippen molar-refractivity contribution in [2.45, 2.75) is 45.6 Å². The monoisotopic (exact) mass is 439 g/mol. The number of aromatic nitrogens is 2. The molecule has 1 saturated heterocycles. The van der Waals surface area contributed by atoms with Gasteiger partial charge in [0.1, 0.15) is 5.82 Å². The maximum Gasteiger partial charge on any atom is 0.160 e. The summed E-state index contributed by atoms with van der Waals surface area (Å²) in [4.78, 5) is 23.2. The second-order valence-electron chi connectivity index (χ2n) is 7.99. The maximum atomic E-state index is 12.6. The van der Waals surface area contributed by atoms with Crippen LogP contribution in [0.5, 0.6) is 0 Å². The molecule has 1 N–H and O–H groups in total. The van der Waals surface area contributed by atoms with Crippen LogP contribution >= 0.6 is 15.9 Å². The number of nitrogens with one attached hydrogen (secondary N) is 1. The van der Waals surface area contributed by atoms with Crippen molar-refractivity contribution in [3.05, 3.63) is 64.2 Å². The lowest BCUT2D eigenvalue weighted by Gasteiger charge is -2.35. The van der Waals surface area contributed by atoms with E-state index < -0.39 is 0 Å². The molecule has 1 aromatic carbocycles. The van der Waals surface area contributed by atoms with Gasteiger partial charge in [-0.1, -0.05) is 40.2 Å². The highest BCUT2D eigenvalue weighted by Crippen LogP contribution is 2.41. The minimum absolute atomic E-state index is 0.200. The Labute approximate surface area is 174 Å². The summed E-state index contributed by atoms with van der Waals surface area (Å²) in [6, 6.07) is 8.44. The number of ketones is 1. The van der Waals surface area contributed by atoms with E-state index in [0.29, 0.717) is 6.42 Å². The number of carbonyl (C=O) groups excluding carboxylic acids is 1. The number of hydrogen-bond acceptors (Lipinski definition) is 3. The van der Waals surface area contributed by atoms with E-state index in [1.807, 2.05) is 32.2 Å². The average molecular weight is 440 g/mol. The lowest BCUT2D eigenvalue weighted by atomic mass is 9.82. The summed E-state index contributed by atoms with van der Waals surface area (Å²) >= 11 is 3.48. The third-order valence-corrected chi connectivity index (χ3v) is 6.61. The Hall–Kier alpha value is -2.14. The van der Waals surface area contributed by atoms with E-state index in [4.69, 9.17) is 4.98 Å². The molecule has 2 atom stereocenters. The van der Waals surface area contributed by atoms with Crippen LogP contribution in [0.2, 0.25) is 0 Å². The SMILES string of the molecule is C=C(C)C1CC(=O)C(C)=C(N2CCCC2c2ncc(-c3ccc(Br)cc3)[nH]2)C1. The zero-order valence-corrected chi connectivity index (χ0v) is 18.1. The molecule has 0 saturated carbocycles. The van der Waals surface area contributed by atoms with Crippen LogP contribution < -0.4 is 0 Å². The second-order valence-corrected chi connectivity index (χ2v) is 8.90. The van der Waals surface area contributed by atoms with Gasteiger partial charge in [0.05, 0.1) is 17.9 Å². The molecular weight excluding hydrogens is 414 g/mol. The first-order valence-electron chi connectivity index (χ1n) is 9.90. The zero-order chi connectivity index (χ0) is 19.8. The van der Waals surface area contributed by atoms with Crippen LogP contribution in [0, 0.1) is 5.92 Å². The van der Waals surface area contributed by atoms with E-state index in [1.165, 1.54) is 5.70 Å². The summed E-state index contributed by atoms with van der Waals surface area (Å²) in [5.74, 6) is 1.50. The van der Waals surface area contributed by atoms with Gasteiger partial charge in [-0.25, -0.2) is 4.98 Å². The van der Waals surface area contributed by atoms with Gasteiger partial charge >= 0.3 is 0 Å². The number of likely N-dealkylation sites (tertiary alicyclic amines) is 1. The van der Waals surface area contributed by atoms with Gasteiger partial charge in [-0.15, -0.1) is 0 Å². The first-order chi connectivity index (χ1) is 13.4. The zero-order valence-electron chi connectivity index (χ0n) is 16.5. The highest BCUT2D eigenvalue weighted by atomic mass is 79.9. The summed E-state index contributed by atoms with van der Waals surface area (Å²) < 4.78 is 1.06. The number of rotatable bonds is 4. The molecule has 4 rings (SSSR count). The van der Waals surface area contributed by atoms with Crippen LogP contribution in [0.1, 0.15) is 51.4 Å². The molecule has 2 heterocycles. The summed E-state index contributed by atoms with van der Waals surface area (Å²) in [6.45, 7) is 9.10. The lowest BCUT2D eigenvalue weighted by Crippen LogP contribution is -2.31. The maximum absolute atomic E-state index is 12.6. The number of nitrogens with zero attached hydrogens (tertiary/aromatic N) is 2. The standard InChI is InChI=1S/C23H26BrN3O/c1-14(2)17-11-21(15(3)22(28)12-17)27-10-4-5-20(27)23-25-13-19(26-23)16-6-8-18(24)9-7-16/h6-9,13,17,20H,1,4-5,10-12H2,2-3H3,(H,25,26). The van der Waals surface area contributed by atoms with Gasteiger partial charge in [0.15, 0.2) is 5.78 Å². The summed E-state index contributed by atoms with van der Waals surface area (Å²) in [6.07, 6.45) is 5.58. The Morgan fingerprint density at radius 2 is 2.04 bits per heavy atom.